The Morgan fingerprint density at radius 1 is 1.20 bits per heavy atom. The minimum atomic E-state index is -0.854. The summed E-state index contributed by atoms with van der Waals surface area (Å²) in [4.78, 5) is 12.0. The van der Waals surface area contributed by atoms with Crippen LogP contribution in [-0.4, -0.2) is 31.6 Å². The monoisotopic (exact) mass is 274 g/mol. The van der Waals surface area contributed by atoms with Crippen LogP contribution in [0.4, 0.5) is 0 Å². The molecule has 0 bridgehead atoms. The van der Waals surface area contributed by atoms with E-state index in [0.717, 1.165) is 11.1 Å². The summed E-state index contributed by atoms with van der Waals surface area (Å²) in [7, 11) is 0. The lowest BCUT2D eigenvalue weighted by atomic mass is 9.89. The third-order valence-corrected chi connectivity index (χ3v) is 3.81. The standard InChI is InChI=1S/C16H18O4/c1-16(19-7-8-20-16)14-10-13(11-18-15(14)17)9-12-5-3-2-4-6-12/h2-6,9,14H,7-8,10-11H2,1H3/b13-9-. The van der Waals surface area contributed by atoms with Crippen LogP contribution in [0.5, 0.6) is 0 Å². The summed E-state index contributed by atoms with van der Waals surface area (Å²) >= 11 is 0. The predicted molar refractivity (Wildman–Crippen MR) is 73.8 cm³/mol. The largest absolute Gasteiger partial charge is 0.461 e. The lowest BCUT2D eigenvalue weighted by molar-refractivity contribution is -0.203. The van der Waals surface area contributed by atoms with Crippen LogP contribution >= 0.6 is 0 Å². The molecule has 3 rings (SSSR count). The van der Waals surface area contributed by atoms with Gasteiger partial charge in [0.2, 0.25) is 0 Å². The maximum atomic E-state index is 12.0. The van der Waals surface area contributed by atoms with Gasteiger partial charge < -0.3 is 14.2 Å². The third kappa shape index (κ3) is 2.62. The number of ether oxygens (including phenoxy) is 3. The molecule has 2 saturated heterocycles. The van der Waals surface area contributed by atoms with Crippen molar-refractivity contribution in [1.29, 1.82) is 0 Å². The number of cyclic esters (lactones) is 1. The Labute approximate surface area is 118 Å². The highest BCUT2D eigenvalue weighted by molar-refractivity contribution is 5.76. The molecule has 2 aliphatic rings. The highest BCUT2D eigenvalue weighted by Gasteiger charge is 2.47. The highest BCUT2D eigenvalue weighted by atomic mass is 16.7. The minimum Gasteiger partial charge on any atom is -0.461 e. The van der Waals surface area contributed by atoms with Gasteiger partial charge in [0, 0.05) is 0 Å². The maximum absolute atomic E-state index is 12.0. The summed E-state index contributed by atoms with van der Waals surface area (Å²) in [6.45, 7) is 3.22. The topological polar surface area (TPSA) is 44.8 Å². The fraction of sp³-hybridized carbons (Fsp3) is 0.438. The smallest absolute Gasteiger partial charge is 0.315 e. The summed E-state index contributed by atoms with van der Waals surface area (Å²) in [5.41, 5.74) is 2.19. The molecule has 0 aliphatic carbocycles. The Kier molecular flexibility index (Phi) is 3.59. The second kappa shape index (κ2) is 5.38. The first-order valence-corrected chi connectivity index (χ1v) is 6.86. The molecule has 1 aromatic carbocycles. The summed E-state index contributed by atoms with van der Waals surface area (Å²) < 4.78 is 16.5. The van der Waals surface area contributed by atoms with Crippen molar-refractivity contribution in [2.75, 3.05) is 19.8 Å². The Balaban J connectivity index is 1.79. The van der Waals surface area contributed by atoms with Crippen LogP contribution in [0.25, 0.3) is 6.08 Å². The molecular weight excluding hydrogens is 256 g/mol. The van der Waals surface area contributed by atoms with Crippen molar-refractivity contribution in [3.8, 4) is 0 Å². The second-order valence-electron chi connectivity index (χ2n) is 5.29. The maximum Gasteiger partial charge on any atom is 0.315 e. The summed E-state index contributed by atoms with van der Waals surface area (Å²) in [6, 6.07) is 10.0. The molecule has 0 aromatic heterocycles. The van der Waals surface area contributed by atoms with Crippen molar-refractivity contribution in [2.45, 2.75) is 19.1 Å². The van der Waals surface area contributed by atoms with Crippen LogP contribution in [0.3, 0.4) is 0 Å². The number of benzene rings is 1. The fourth-order valence-electron chi connectivity index (χ4n) is 2.69. The molecule has 0 amide bonds. The van der Waals surface area contributed by atoms with Gasteiger partial charge in [0.15, 0.2) is 5.79 Å². The Morgan fingerprint density at radius 3 is 2.60 bits per heavy atom. The van der Waals surface area contributed by atoms with Crippen LogP contribution in [0.1, 0.15) is 18.9 Å². The number of carbonyl (C=O) groups is 1. The van der Waals surface area contributed by atoms with Crippen molar-refractivity contribution in [3.63, 3.8) is 0 Å². The summed E-state index contributed by atoms with van der Waals surface area (Å²) in [5.74, 6) is -1.49. The van der Waals surface area contributed by atoms with E-state index in [-0.39, 0.29) is 5.97 Å². The zero-order chi connectivity index (χ0) is 14.0. The summed E-state index contributed by atoms with van der Waals surface area (Å²) in [5, 5.41) is 0. The number of esters is 1. The van der Waals surface area contributed by atoms with Gasteiger partial charge in [0.05, 0.1) is 13.2 Å². The SMILES string of the molecule is CC1(C2C/C(=C/c3ccccc3)COC2=O)OCCO1. The lowest BCUT2D eigenvalue weighted by Gasteiger charge is -2.34. The molecule has 2 fully saturated rings. The molecule has 1 aromatic rings. The van der Waals surface area contributed by atoms with Gasteiger partial charge in [-0.25, -0.2) is 0 Å². The molecule has 4 heteroatoms. The van der Waals surface area contributed by atoms with E-state index < -0.39 is 11.7 Å². The molecule has 1 unspecified atom stereocenters. The molecule has 2 heterocycles. The van der Waals surface area contributed by atoms with Gasteiger partial charge >= 0.3 is 5.97 Å². The van der Waals surface area contributed by atoms with Gasteiger partial charge in [-0.2, -0.15) is 0 Å². The van der Waals surface area contributed by atoms with Gasteiger partial charge in [-0.3, -0.25) is 4.79 Å². The van der Waals surface area contributed by atoms with Crippen LogP contribution < -0.4 is 0 Å². The molecule has 4 nitrogen and oxygen atoms in total. The number of rotatable bonds is 2. The number of hydrogen-bond donors (Lipinski definition) is 0. The molecule has 20 heavy (non-hydrogen) atoms. The van der Waals surface area contributed by atoms with Crippen LogP contribution in [0.15, 0.2) is 35.9 Å². The average molecular weight is 274 g/mol. The van der Waals surface area contributed by atoms with Gasteiger partial charge in [0.1, 0.15) is 12.5 Å². The van der Waals surface area contributed by atoms with Gasteiger partial charge in [0.25, 0.3) is 0 Å². The molecule has 0 radical (unpaired) electrons. The predicted octanol–water partition coefficient (Wildman–Crippen LogP) is 2.40. The Bertz CT molecular complexity index is 515. The third-order valence-electron chi connectivity index (χ3n) is 3.81. The quantitative estimate of drug-likeness (QED) is 0.777. The normalized spacial score (nSPS) is 27.6. The van der Waals surface area contributed by atoms with Crippen LogP contribution in [-0.2, 0) is 19.0 Å². The molecule has 0 N–H and O–H groups in total. The highest BCUT2D eigenvalue weighted by Crippen LogP contribution is 2.36. The van der Waals surface area contributed by atoms with Crippen molar-refractivity contribution >= 4 is 12.0 Å². The lowest BCUT2D eigenvalue weighted by Crippen LogP contribution is -2.44. The molecular formula is C16H18O4. The van der Waals surface area contributed by atoms with Gasteiger partial charge in [-0.05, 0) is 24.5 Å². The molecule has 0 saturated carbocycles. The Morgan fingerprint density at radius 2 is 1.90 bits per heavy atom. The summed E-state index contributed by atoms with van der Waals surface area (Å²) in [6.07, 6.45) is 2.68. The van der Waals surface area contributed by atoms with Gasteiger partial charge in [-0.1, -0.05) is 36.4 Å². The molecule has 2 aliphatic heterocycles. The second-order valence-corrected chi connectivity index (χ2v) is 5.29. The van der Waals surface area contributed by atoms with Crippen molar-refractivity contribution < 1.29 is 19.0 Å². The fourth-order valence-corrected chi connectivity index (χ4v) is 2.69. The first-order chi connectivity index (χ1) is 9.67. The molecule has 1 atom stereocenters. The van der Waals surface area contributed by atoms with Crippen molar-refractivity contribution in [1.82, 2.24) is 0 Å². The van der Waals surface area contributed by atoms with E-state index in [1.807, 2.05) is 37.3 Å². The van der Waals surface area contributed by atoms with Crippen molar-refractivity contribution in [3.05, 3.63) is 41.5 Å². The first-order valence-electron chi connectivity index (χ1n) is 6.86. The zero-order valence-electron chi connectivity index (χ0n) is 11.5. The van der Waals surface area contributed by atoms with Crippen LogP contribution in [0.2, 0.25) is 0 Å². The Hall–Kier alpha value is -1.65. The van der Waals surface area contributed by atoms with Crippen molar-refractivity contribution in [2.24, 2.45) is 5.92 Å². The van der Waals surface area contributed by atoms with E-state index in [0.29, 0.717) is 26.2 Å². The van der Waals surface area contributed by atoms with E-state index in [2.05, 4.69) is 6.08 Å². The van der Waals surface area contributed by atoms with E-state index in [1.54, 1.807) is 0 Å². The number of hydrogen-bond acceptors (Lipinski definition) is 4. The number of carbonyl (C=O) groups excluding carboxylic acids is 1. The average Bonchev–Trinajstić information content (AvgIpc) is 2.90. The van der Waals surface area contributed by atoms with E-state index in [4.69, 9.17) is 14.2 Å². The molecule has 106 valence electrons. The van der Waals surface area contributed by atoms with Crippen LogP contribution in [0, 0.1) is 5.92 Å². The minimum absolute atomic E-state index is 0.236. The zero-order valence-corrected chi connectivity index (χ0v) is 11.5. The van der Waals surface area contributed by atoms with E-state index >= 15 is 0 Å². The van der Waals surface area contributed by atoms with E-state index in [1.165, 1.54) is 0 Å². The molecule has 0 spiro atoms. The first kappa shape index (κ1) is 13.3. The van der Waals surface area contributed by atoms with Gasteiger partial charge in [-0.15, -0.1) is 0 Å². The van der Waals surface area contributed by atoms with E-state index in [9.17, 15) is 4.79 Å².